The van der Waals surface area contributed by atoms with Crippen molar-refractivity contribution in [3.63, 3.8) is 0 Å². The number of halogens is 2. The van der Waals surface area contributed by atoms with Crippen molar-refractivity contribution in [3.8, 4) is 0 Å². The second kappa shape index (κ2) is 3.64. The smallest absolute Gasteiger partial charge is 0.0868 e. The maximum absolute atomic E-state index is 5.64. The van der Waals surface area contributed by atoms with Gasteiger partial charge >= 0.3 is 0 Å². The van der Waals surface area contributed by atoms with Gasteiger partial charge in [0.2, 0.25) is 0 Å². The zero-order valence-electron chi connectivity index (χ0n) is 6.08. The molecule has 0 saturated carbocycles. The van der Waals surface area contributed by atoms with Crippen LogP contribution in [-0.4, -0.2) is 0 Å². The Bertz CT molecular complexity index is 399. The third-order valence-electron chi connectivity index (χ3n) is 1.50. The van der Waals surface area contributed by atoms with Gasteiger partial charge in [-0.25, -0.2) is 0 Å². The first kappa shape index (κ1) is 9.84. The zero-order chi connectivity index (χ0) is 7.84. The Morgan fingerprint density at radius 3 is 2.75 bits per heavy atom. The molecule has 1 nitrogen and oxygen atoms in total. The SMILES string of the molecule is Cl.Nc1cc2cc(Br)ccc2s1. The van der Waals surface area contributed by atoms with Gasteiger partial charge in [-0.15, -0.1) is 23.7 Å². The summed E-state index contributed by atoms with van der Waals surface area (Å²) in [4.78, 5) is 0. The molecular formula is C8H7BrClNS. The van der Waals surface area contributed by atoms with Crippen molar-refractivity contribution in [2.24, 2.45) is 0 Å². The van der Waals surface area contributed by atoms with Crippen LogP contribution < -0.4 is 5.73 Å². The van der Waals surface area contributed by atoms with Crippen LogP contribution >= 0.6 is 39.7 Å². The number of thiophene rings is 1. The van der Waals surface area contributed by atoms with Crippen LogP contribution in [-0.2, 0) is 0 Å². The molecule has 0 aliphatic heterocycles. The molecule has 2 aromatic rings. The van der Waals surface area contributed by atoms with Gasteiger partial charge in [0.05, 0.1) is 5.00 Å². The zero-order valence-corrected chi connectivity index (χ0v) is 9.30. The van der Waals surface area contributed by atoms with Gasteiger partial charge < -0.3 is 5.73 Å². The van der Waals surface area contributed by atoms with Crippen LogP contribution in [0.5, 0.6) is 0 Å². The Morgan fingerprint density at radius 2 is 2.00 bits per heavy atom. The molecule has 0 saturated heterocycles. The van der Waals surface area contributed by atoms with Crippen LogP contribution in [0.1, 0.15) is 0 Å². The van der Waals surface area contributed by atoms with Crippen molar-refractivity contribution in [3.05, 3.63) is 28.7 Å². The van der Waals surface area contributed by atoms with E-state index in [-0.39, 0.29) is 12.4 Å². The topological polar surface area (TPSA) is 26.0 Å². The van der Waals surface area contributed by atoms with E-state index in [0.29, 0.717) is 0 Å². The highest BCUT2D eigenvalue weighted by molar-refractivity contribution is 9.10. The molecule has 0 fully saturated rings. The van der Waals surface area contributed by atoms with E-state index in [4.69, 9.17) is 5.73 Å². The summed E-state index contributed by atoms with van der Waals surface area (Å²) in [6.45, 7) is 0. The molecule has 64 valence electrons. The molecule has 2 N–H and O–H groups in total. The second-order valence-electron chi connectivity index (χ2n) is 2.33. The first-order chi connectivity index (χ1) is 5.25. The fourth-order valence-corrected chi connectivity index (χ4v) is 2.23. The van der Waals surface area contributed by atoms with Crippen molar-refractivity contribution < 1.29 is 0 Å². The minimum absolute atomic E-state index is 0. The van der Waals surface area contributed by atoms with Crippen LogP contribution in [0, 0.1) is 0 Å². The number of anilines is 1. The number of benzene rings is 1. The number of hydrogen-bond acceptors (Lipinski definition) is 2. The summed E-state index contributed by atoms with van der Waals surface area (Å²) in [6, 6.07) is 8.16. The molecule has 0 amide bonds. The summed E-state index contributed by atoms with van der Waals surface area (Å²) in [7, 11) is 0. The highest BCUT2D eigenvalue weighted by Gasteiger charge is 1.97. The molecule has 0 atom stereocenters. The van der Waals surface area contributed by atoms with Crippen LogP contribution in [0.4, 0.5) is 5.00 Å². The van der Waals surface area contributed by atoms with E-state index in [0.717, 1.165) is 9.47 Å². The molecule has 1 heterocycles. The average molecular weight is 265 g/mol. The molecule has 1 aromatic carbocycles. The molecule has 0 unspecified atom stereocenters. The van der Waals surface area contributed by atoms with Gasteiger partial charge in [-0.3, -0.25) is 0 Å². The first-order valence-electron chi connectivity index (χ1n) is 3.20. The van der Waals surface area contributed by atoms with Crippen LogP contribution in [0.15, 0.2) is 28.7 Å². The largest absolute Gasteiger partial charge is 0.391 e. The highest BCUT2D eigenvalue weighted by atomic mass is 79.9. The Labute approximate surface area is 89.1 Å². The summed E-state index contributed by atoms with van der Waals surface area (Å²) in [5.41, 5.74) is 5.64. The van der Waals surface area contributed by atoms with E-state index in [1.807, 2.05) is 12.1 Å². The van der Waals surface area contributed by atoms with E-state index >= 15 is 0 Å². The van der Waals surface area contributed by atoms with E-state index < -0.39 is 0 Å². The van der Waals surface area contributed by atoms with Gasteiger partial charge in [-0.2, -0.15) is 0 Å². The number of nitrogens with two attached hydrogens (primary N) is 1. The summed E-state index contributed by atoms with van der Waals surface area (Å²) >= 11 is 5.02. The predicted molar refractivity (Wildman–Crippen MR) is 61.2 cm³/mol. The number of nitrogen functional groups attached to an aromatic ring is 1. The van der Waals surface area contributed by atoms with Gasteiger partial charge in [0.25, 0.3) is 0 Å². The maximum atomic E-state index is 5.64. The van der Waals surface area contributed by atoms with E-state index in [1.165, 1.54) is 10.1 Å². The van der Waals surface area contributed by atoms with Gasteiger partial charge in [0, 0.05) is 9.17 Å². The van der Waals surface area contributed by atoms with Crippen LogP contribution in [0.2, 0.25) is 0 Å². The normalized spacial score (nSPS) is 9.75. The summed E-state index contributed by atoms with van der Waals surface area (Å²) < 4.78 is 2.34. The second-order valence-corrected chi connectivity index (χ2v) is 4.36. The summed E-state index contributed by atoms with van der Waals surface area (Å²) in [5, 5.41) is 2.08. The highest BCUT2D eigenvalue weighted by Crippen LogP contribution is 2.29. The molecule has 0 aliphatic rings. The van der Waals surface area contributed by atoms with Gasteiger partial charge in [-0.05, 0) is 29.7 Å². The van der Waals surface area contributed by atoms with Gasteiger partial charge in [0.1, 0.15) is 0 Å². The lowest BCUT2D eigenvalue weighted by Crippen LogP contribution is -1.72. The van der Waals surface area contributed by atoms with E-state index in [9.17, 15) is 0 Å². The molecule has 0 aliphatic carbocycles. The number of rotatable bonds is 0. The van der Waals surface area contributed by atoms with Crippen molar-refractivity contribution >= 4 is 54.8 Å². The van der Waals surface area contributed by atoms with Crippen LogP contribution in [0.3, 0.4) is 0 Å². The monoisotopic (exact) mass is 263 g/mol. The fraction of sp³-hybridized carbons (Fsp3) is 0. The standard InChI is InChI=1S/C8H6BrNS.ClH/c9-6-1-2-7-5(3-6)4-8(10)11-7;/h1-4H,10H2;1H. The Hall–Kier alpha value is -0.250. The number of hydrogen-bond donors (Lipinski definition) is 1. The van der Waals surface area contributed by atoms with Crippen molar-refractivity contribution in [2.45, 2.75) is 0 Å². The van der Waals surface area contributed by atoms with Crippen molar-refractivity contribution in [2.75, 3.05) is 5.73 Å². The predicted octanol–water partition coefficient (Wildman–Crippen LogP) is 3.67. The first-order valence-corrected chi connectivity index (χ1v) is 4.81. The number of fused-ring (bicyclic) bond motifs is 1. The van der Waals surface area contributed by atoms with E-state index in [2.05, 4.69) is 28.1 Å². The summed E-state index contributed by atoms with van der Waals surface area (Å²) in [5.74, 6) is 0. The third-order valence-corrected chi connectivity index (χ3v) is 2.94. The molecule has 12 heavy (non-hydrogen) atoms. The van der Waals surface area contributed by atoms with Crippen LogP contribution in [0.25, 0.3) is 10.1 Å². The molecule has 0 bridgehead atoms. The molecule has 1 aromatic heterocycles. The van der Waals surface area contributed by atoms with Gasteiger partial charge in [-0.1, -0.05) is 15.9 Å². The minimum Gasteiger partial charge on any atom is -0.391 e. The lowest BCUT2D eigenvalue weighted by molar-refractivity contribution is 1.76. The maximum Gasteiger partial charge on any atom is 0.0868 e. The Balaban J connectivity index is 0.000000720. The van der Waals surface area contributed by atoms with Gasteiger partial charge in [0.15, 0.2) is 0 Å². The molecule has 2 rings (SSSR count). The molecule has 0 spiro atoms. The molecule has 4 heteroatoms. The average Bonchev–Trinajstić information content (AvgIpc) is 2.27. The summed E-state index contributed by atoms with van der Waals surface area (Å²) in [6.07, 6.45) is 0. The van der Waals surface area contributed by atoms with E-state index in [1.54, 1.807) is 11.3 Å². The molecular weight excluding hydrogens is 258 g/mol. The Morgan fingerprint density at radius 1 is 1.25 bits per heavy atom. The quantitative estimate of drug-likeness (QED) is 0.772. The Kier molecular flexibility index (Phi) is 2.99. The van der Waals surface area contributed by atoms with Crippen molar-refractivity contribution in [1.82, 2.24) is 0 Å². The minimum atomic E-state index is 0. The lowest BCUT2D eigenvalue weighted by atomic mass is 10.3. The lowest BCUT2D eigenvalue weighted by Gasteiger charge is -1.88. The fourth-order valence-electron chi connectivity index (χ4n) is 1.03. The third kappa shape index (κ3) is 1.73. The van der Waals surface area contributed by atoms with Crippen molar-refractivity contribution in [1.29, 1.82) is 0 Å². The molecule has 0 radical (unpaired) electrons.